The molecular formula is C25H27N5O. The van der Waals surface area contributed by atoms with Gasteiger partial charge in [-0.05, 0) is 54.7 Å². The number of carbonyl (C=O) groups is 1. The average molecular weight is 414 g/mol. The van der Waals surface area contributed by atoms with Crippen LogP contribution in [0.15, 0.2) is 61.1 Å². The molecule has 1 saturated heterocycles. The van der Waals surface area contributed by atoms with Gasteiger partial charge in [-0.1, -0.05) is 29.8 Å². The molecule has 0 radical (unpaired) electrons. The summed E-state index contributed by atoms with van der Waals surface area (Å²) < 4.78 is 0. The Morgan fingerprint density at radius 2 is 1.81 bits per heavy atom. The van der Waals surface area contributed by atoms with Gasteiger partial charge in [0.05, 0.1) is 23.6 Å². The number of piperazine rings is 1. The van der Waals surface area contributed by atoms with Crippen molar-refractivity contribution in [1.29, 1.82) is 0 Å². The van der Waals surface area contributed by atoms with Crippen LogP contribution >= 0.6 is 0 Å². The number of rotatable bonds is 2. The summed E-state index contributed by atoms with van der Waals surface area (Å²) in [5, 5.41) is 2.95. The maximum absolute atomic E-state index is 12.7. The molecule has 1 aromatic carbocycles. The van der Waals surface area contributed by atoms with E-state index in [0.717, 1.165) is 31.6 Å². The molecule has 6 nitrogen and oxygen atoms in total. The van der Waals surface area contributed by atoms with Gasteiger partial charge in [0.15, 0.2) is 0 Å². The van der Waals surface area contributed by atoms with Crippen molar-refractivity contribution >= 4 is 11.7 Å². The minimum Gasteiger partial charge on any atom is -0.322 e. The Morgan fingerprint density at radius 3 is 2.61 bits per heavy atom. The summed E-state index contributed by atoms with van der Waals surface area (Å²) in [7, 11) is 0. The Balaban J connectivity index is 1.37. The van der Waals surface area contributed by atoms with Crippen LogP contribution < -0.4 is 5.32 Å². The molecular weight excluding hydrogens is 386 g/mol. The molecule has 0 bridgehead atoms. The quantitative estimate of drug-likeness (QED) is 0.694. The Kier molecular flexibility index (Phi) is 5.38. The van der Waals surface area contributed by atoms with Gasteiger partial charge in [-0.25, -0.2) is 4.79 Å². The summed E-state index contributed by atoms with van der Waals surface area (Å²) in [6, 6.07) is 14.8. The van der Waals surface area contributed by atoms with Gasteiger partial charge in [0.2, 0.25) is 0 Å². The zero-order chi connectivity index (χ0) is 21.2. The van der Waals surface area contributed by atoms with E-state index in [1.165, 1.54) is 27.9 Å². The van der Waals surface area contributed by atoms with E-state index in [9.17, 15) is 4.79 Å². The first-order valence-electron chi connectivity index (χ1n) is 10.9. The standard InChI is InChI=1S/C25H27N5O/c1-18-6-9-22-20(16-18)8-7-19-4-2-11-27-23(19)24(22)29-12-14-30(15-13-29)25(31)28-21-5-3-10-26-17-21/h2-6,9-11,16-17,24H,7-8,12-15H2,1H3,(H,28,31)/t24-/m0/s1. The molecule has 1 fully saturated rings. The van der Waals surface area contributed by atoms with E-state index >= 15 is 0 Å². The van der Waals surface area contributed by atoms with E-state index in [1.54, 1.807) is 12.4 Å². The maximum atomic E-state index is 12.7. The highest BCUT2D eigenvalue weighted by Crippen LogP contribution is 2.36. The normalized spacial score (nSPS) is 18.6. The fraction of sp³-hybridized carbons (Fsp3) is 0.320. The van der Waals surface area contributed by atoms with E-state index < -0.39 is 0 Å². The summed E-state index contributed by atoms with van der Waals surface area (Å²) in [5.41, 5.74) is 7.29. The van der Waals surface area contributed by atoms with Crippen LogP contribution in [0.25, 0.3) is 0 Å². The Labute approximate surface area is 182 Å². The van der Waals surface area contributed by atoms with Crippen molar-refractivity contribution < 1.29 is 4.79 Å². The minimum absolute atomic E-state index is 0.0666. The number of carbonyl (C=O) groups excluding carboxylic acids is 1. The largest absolute Gasteiger partial charge is 0.322 e. The van der Waals surface area contributed by atoms with Gasteiger partial charge in [-0.3, -0.25) is 14.9 Å². The molecule has 2 aliphatic rings. The lowest BCUT2D eigenvalue weighted by Crippen LogP contribution is -2.51. The first-order chi connectivity index (χ1) is 15.2. The van der Waals surface area contributed by atoms with E-state index in [-0.39, 0.29) is 12.1 Å². The van der Waals surface area contributed by atoms with Crippen molar-refractivity contribution in [2.24, 2.45) is 0 Å². The summed E-state index contributed by atoms with van der Waals surface area (Å²) >= 11 is 0. The Bertz CT molecular complexity index is 1080. The molecule has 0 saturated carbocycles. The summed E-state index contributed by atoms with van der Waals surface area (Å²) in [6.45, 7) is 5.16. The lowest BCUT2D eigenvalue weighted by Gasteiger charge is -2.39. The van der Waals surface area contributed by atoms with Crippen molar-refractivity contribution in [2.45, 2.75) is 25.8 Å². The molecule has 31 heavy (non-hydrogen) atoms. The predicted molar refractivity (Wildman–Crippen MR) is 121 cm³/mol. The SMILES string of the molecule is Cc1ccc2c(c1)CCc1cccnc1[C@H]2N1CCN(C(=O)Nc2cccnc2)CC1. The van der Waals surface area contributed by atoms with Crippen molar-refractivity contribution in [3.05, 3.63) is 89.0 Å². The molecule has 5 rings (SSSR count). The van der Waals surface area contributed by atoms with Gasteiger partial charge in [0.25, 0.3) is 0 Å². The molecule has 3 heterocycles. The second kappa shape index (κ2) is 8.47. The van der Waals surface area contributed by atoms with Crippen LogP contribution in [-0.2, 0) is 12.8 Å². The predicted octanol–water partition coefficient (Wildman–Crippen LogP) is 3.82. The topological polar surface area (TPSA) is 61.4 Å². The number of aromatic nitrogens is 2. The molecule has 1 atom stereocenters. The molecule has 3 aromatic rings. The van der Waals surface area contributed by atoms with Crippen LogP contribution in [0.3, 0.4) is 0 Å². The fourth-order valence-electron chi connectivity index (χ4n) is 4.73. The maximum Gasteiger partial charge on any atom is 0.321 e. The highest BCUT2D eigenvalue weighted by atomic mass is 16.2. The molecule has 6 heteroatoms. The van der Waals surface area contributed by atoms with Crippen LogP contribution in [0, 0.1) is 6.92 Å². The molecule has 158 valence electrons. The number of hydrogen-bond donors (Lipinski definition) is 1. The Morgan fingerprint density at radius 1 is 1.00 bits per heavy atom. The van der Waals surface area contributed by atoms with Gasteiger partial charge in [-0.2, -0.15) is 0 Å². The lowest BCUT2D eigenvalue weighted by atomic mass is 9.94. The van der Waals surface area contributed by atoms with Gasteiger partial charge < -0.3 is 10.2 Å². The number of nitrogens with zero attached hydrogens (tertiary/aromatic N) is 4. The number of urea groups is 1. The first kappa shape index (κ1) is 19.7. The number of hydrogen-bond acceptors (Lipinski definition) is 4. The second-order valence-electron chi connectivity index (χ2n) is 8.35. The van der Waals surface area contributed by atoms with Crippen molar-refractivity contribution in [2.75, 3.05) is 31.5 Å². The van der Waals surface area contributed by atoms with Crippen LogP contribution in [0.1, 0.15) is 34.0 Å². The van der Waals surface area contributed by atoms with Crippen molar-refractivity contribution in [3.8, 4) is 0 Å². The smallest absolute Gasteiger partial charge is 0.321 e. The van der Waals surface area contributed by atoms with E-state index in [4.69, 9.17) is 4.98 Å². The first-order valence-corrected chi connectivity index (χ1v) is 10.9. The highest BCUT2D eigenvalue weighted by Gasteiger charge is 2.33. The van der Waals surface area contributed by atoms with Crippen LogP contribution in [-0.4, -0.2) is 52.0 Å². The summed E-state index contributed by atoms with van der Waals surface area (Å²) in [5.74, 6) is 0. The molecule has 2 aromatic heterocycles. The van der Waals surface area contributed by atoms with Crippen LogP contribution in [0.5, 0.6) is 0 Å². The van der Waals surface area contributed by atoms with Crippen molar-refractivity contribution in [1.82, 2.24) is 19.8 Å². The second-order valence-corrected chi connectivity index (χ2v) is 8.35. The highest BCUT2D eigenvalue weighted by molar-refractivity contribution is 5.89. The Hall–Kier alpha value is -3.25. The third-order valence-electron chi connectivity index (χ3n) is 6.32. The van der Waals surface area contributed by atoms with E-state index in [0.29, 0.717) is 13.1 Å². The lowest BCUT2D eigenvalue weighted by molar-refractivity contribution is 0.125. The third kappa shape index (κ3) is 4.03. The molecule has 1 N–H and O–H groups in total. The zero-order valence-corrected chi connectivity index (χ0v) is 17.8. The number of nitrogens with one attached hydrogen (secondary N) is 1. The number of anilines is 1. The van der Waals surface area contributed by atoms with Gasteiger partial charge in [0, 0.05) is 38.6 Å². The minimum atomic E-state index is -0.0666. The average Bonchev–Trinajstić information content (AvgIpc) is 2.96. The fourth-order valence-corrected chi connectivity index (χ4v) is 4.73. The number of pyridine rings is 2. The van der Waals surface area contributed by atoms with Gasteiger partial charge >= 0.3 is 6.03 Å². The van der Waals surface area contributed by atoms with E-state index in [2.05, 4.69) is 46.4 Å². The summed E-state index contributed by atoms with van der Waals surface area (Å²) in [4.78, 5) is 26.0. The molecule has 0 spiro atoms. The number of benzene rings is 1. The van der Waals surface area contributed by atoms with Crippen molar-refractivity contribution in [3.63, 3.8) is 0 Å². The summed E-state index contributed by atoms with van der Waals surface area (Å²) in [6.07, 6.45) is 7.33. The number of amides is 2. The van der Waals surface area contributed by atoms with E-state index in [1.807, 2.05) is 29.3 Å². The molecule has 0 unspecified atom stereocenters. The molecule has 1 aliphatic heterocycles. The monoisotopic (exact) mass is 413 g/mol. The van der Waals surface area contributed by atoms with Crippen LogP contribution in [0.2, 0.25) is 0 Å². The van der Waals surface area contributed by atoms with Crippen LogP contribution in [0.4, 0.5) is 10.5 Å². The van der Waals surface area contributed by atoms with Gasteiger partial charge in [0.1, 0.15) is 0 Å². The zero-order valence-electron chi connectivity index (χ0n) is 17.8. The molecule has 1 aliphatic carbocycles. The number of fused-ring (bicyclic) bond motifs is 2. The molecule has 2 amide bonds. The van der Waals surface area contributed by atoms with Gasteiger partial charge in [-0.15, -0.1) is 0 Å². The third-order valence-corrected chi connectivity index (χ3v) is 6.32. The number of aryl methyl sites for hydroxylation is 3.